The summed E-state index contributed by atoms with van der Waals surface area (Å²) in [5, 5.41) is 43.6. The summed E-state index contributed by atoms with van der Waals surface area (Å²) in [6.07, 6.45) is -0.705. The average Bonchev–Trinajstić information content (AvgIpc) is 2.66. The van der Waals surface area contributed by atoms with Crippen LogP contribution in [0.4, 0.5) is 0 Å². The maximum atomic E-state index is 11.1. The van der Waals surface area contributed by atoms with E-state index in [2.05, 4.69) is 83.1 Å². The molecule has 0 saturated heterocycles. The van der Waals surface area contributed by atoms with E-state index in [1.165, 1.54) is 0 Å². The zero-order chi connectivity index (χ0) is 28.9. The van der Waals surface area contributed by atoms with Crippen LogP contribution in [0.2, 0.25) is 0 Å². The van der Waals surface area contributed by atoms with Crippen molar-refractivity contribution in [1.82, 2.24) is 0 Å². The Bertz CT molecular complexity index is 959. The molecule has 0 amide bonds. The molecule has 0 bridgehead atoms. The third-order valence-corrected chi connectivity index (χ3v) is 7.41. The first-order valence-electron chi connectivity index (χ1n) is 13.5. The van der Waals surface area contributed by atoms with Crippen LogP contribution < -0.4 is 0 Å². The van der Waals surface area contributed by atoms with Crippen LogP contribution in [0.1, 0.15) is 123 Å². The Morgan fingerprint density at radius 3 is 0.865 bits per heavy atom. The normalized spacial score (nSPS) is 13.9. The molecule has 0 unspecified atom stereocenters. The minimum Gasteiger partial charge on any atom is -0.507 e. The predicted molar refractivity (Wildman–Crippen MR) is 155 cm³/mol. The average molecular weight is 513 g/mol. The van der Waals surface area contributed by atoms with E-state index >= 15 is 0 Å². The Hall–Kier alpha value is -2.04. The lowest BCUT2D eigenvalue weighted by Gasteiger charge is -2.35. The van der Waals surface area contributed by atoms with Crippen molar-refractivity contribution in [3.63, 3.8) is 0 Å². The summed E-state index contributed by atoms with van der Waals surface area (Å²) >= 11 is 0. The zero-order valence-corrected chi connectivity index (χ0v) is 25.6. The third kappa shape index (κ3) is 7.09. The van der Waals surface area contributed by atoms with Crippen LogP contribution in [0, 0.1) is 5.41 Å². The highest BCUT2D eigenvalue weighted by Gasteiger charge is 2.36. The van der Waals surface area contributed by atoms with Gasteiger partial charge in [-0.2, -0.15) is 0 Å². The highest BCUT2D eigenvalue weighted by molar-refractivity contribution is 5.51. The number of aromatic hydroxyl groups is 2. The van der Waals surface area contributed by atoms with E-state index in [9.17, 15) is 20.4 Å². The molecule has 4 N–H and O–H groups in total. The molecule has 37 heavy (non-hydrogen) atoms. The number of phenols is 2. The van der Waals surface area contributed by atoms with E-state index in [4.69, 9.17) is 0 Å². The minimum atomic E-state index is -1.55. The van der Waals surface area contributed by atoms with Crippen LogP contribution >= 0.6 is 0 Å². The predicted octanol–water partition coefficient (Wildman–Crippen LogP) is 7.39. The van der Waals surface area contributed by atoms with Crippen molar-refractivity contribution < 1.29 is 20.4 Å². The van der Waals surface area contributed by atoms with E-state index in [0.29, 0.717) is 24.3 Å². The Morgan fingerprint density at radius 1 is 0.486 bits per heavy atom. The summed E-state index contributed by atoms with van der Waals surface area (Å²) < 4.78 is 0. The lowest BCUT2D eigenvalue weighted by Crippen LogP contribution is -2.37. The molecule has 0 atom stereocenters. The van der Waals surface area contributed by atoms with Crippen molar-refractivity contribution in [1.29, 1.82) is 0 Å². The molecule has 0 aliphatic rings. The summed E-state index contributed by atoms with van der Waals surface area (Å²) in [5.74, 6) is 0.636. The van der Waals surface area contributed by atoms with Crippen LogP contribution in [0.5, 0.6) is 11.5 Å². The van der Waals surface area contributed by atoms with Crippen molar-refractivity contribution in [2.45, 2.75) is 131 Å². The Balaban J connectivity index is 2.69. The van der Waals surface area contributed by atoms with Crippen molar-refractivity contribution in [2.75, 3.05) is 0 Å². The van der Waals surface area contributed by atoms with Gasteiger partial charge < -0.3 is 20.4 Å². The molecular weight excluding hydrogens is 460 g/mol. The molecule has 0 aromatic heterocycles. The summed E-state index contributed by atoms with van der Waals surface area (Å²) in [5.41, 5.74) is 3.41. The lowest BCUT2D eigenvalue weighted by molar-refractivity contribution is -0.128. The number of hydrogen-bond donors (Lipinski definition) is 4. The first-order valence-corrected chi connectivity index (χ1v) is 13.5. The molecule has 0 aliphatic carbocycles. The van der Waals surface area contributed by atoms with E-state index < -0.39 is 11.7 Å². The number of rotatable bonds is 5. The van der Waals surface area contributed by atoms with Gasteiger partial charge in [-0.1, -0.05) is 114 Å². The van der Waals surface area contributed by atoms with E-state index in [0.717, 1.165) is 33.4 Å². The molecule has 2 rings (SSSR count). The van der Waals surface area contributed by atoms with E-state index in [1.807, 2.05) is 31.2 Å². The number of aliphatic hydroxyl groups excluding tert-OH is 1. The molecule has 0 aliphatic heterocycles. The minimum absolute atomic E-state index is 0.269. The Kier molecular flexibility index (Phi) is 8.37. The van der Waals surface area contributed by atoms with Crippen LogP contribution in [-0.2, 0) is 34.5 Å². The first-order chi connectivity index (χ1) is 16.4. The molecule has 4 nitrogen and oxygen atoms in total. The quantitative estimate of drug-likeness (QED) is 0.315. The van der Waals surface area contributed by atoms with Gasteiger partial charge in [-0.05, 0) is 67.9 Å². The van der Waals surface area contributed by atoms with Gasteiger partial charge in [-0.25, -0.2) is 0 Å². The highest BCUT2D eigenvalue weighted by Crippen LogP contribution is 2.44. The third-order valence-electron chi connectivity index (χ3n) is 7.41. The van der Waals surface area contributed by atoms with Crippen LogP contribution in [-0.4, -0.2) is 26.7 Å². The number of aliphatic hydroxyl groups is 2. The molecule has 0 radical (unpaired) electrons. The van der Waals surface area contributed by atoms with Gasteiger partial charge in [0.25, 0.3) is 0 Å². The van der Waals surface area contributed by atoms with Crippen LogP contribution in [0.15, 0.2) is 24.3 Å². The molecule has 0 heterocycles. The molecule has 0 fully saturated rings. The fraction of sp³-hybridized carbons (Fsp3) is 0.636. The topological polar surface area (TPSA) is 80.9 Å². The first kappa shape index (κ1) is 31.2. The van der Waals surface area contributed by atoms with Crippen molar-refractivity contribution in [3.8, 4) is 11.5 Å². The summed E-state index contributed by atoms with van der Waals surface area (Å²) in [6.45, 7) is 26.9. The van der Waals surface area contributed by atoms with Crippen molar-refractivity contribution in [2.24, 2.45) is 5.41 Å². The zero-order valence-electron chi connectivity index (χ0n) is 25.6. The van der Waals surface area contributed by atoms with Gasteiger partial charge in [0.15, 0.2) is 6.29 Å². The standard InChI is InChI=1S/C33H52O4/c1-29(2,3)22-14-20(15-23(26(22)34)30(4,5)6)18-33(13,28(36)37)19-21-16-24(31(7,8)9)27(35)25(17-21)32(10,11)12/h14-17,28,34-37H,18-19H2,1-13H3. The fourth-order valence-electron chi connectivity index (χ4n) is 5.06. The maximum Gasteiger partial charge on any atom is 0.157 e. The molecule has 0 spiro atoms. The second-order valence-electron chi connectivity index (χ2n) is 15.5. The number of phenolic OH excluding ortho intramolecular Hbond substituents is 2. The fourth-order valence-corrected chi connectivity index (χ4v) is 5.06. The summed E-state index contributed by atoms with van der Waals surface area (Å²) in [4.78, 5) is 0. The van der Waals surface area contributed by atoms with E-state index in [1.54, 1.807) is 0 Å². The molecule has 2 aromatic rings. The number of benzene rings is 2. The number of hydrogen-bond acceptors (Lipinski definition) is 4. The van der Waals surface area contributed by atoms with Gasteiger partial charge >= 0.3 is 0 Å². The molecule has 0 saturated carbocycles. The van der Waals surface area contributed by atoms with Gasteiger partial charge in [-0.15, -0.1) is 0 Å². The Morgan fingerprint density at radius 2 is 0.703 bits per heavy atom. The lowest BCUT2D eigenvalue weighted by atomic mass is 9.72. The van der Waals surface area contributed by atoms with Gasteiger partial charge in [0.05, 0.1) is 0 Å². The SMILES string of the molecule is CC(C)(C)c1cc(CC(C)(Cc2cc(C(C)(C)C)c(O)c(C(C)(C)C)c2)C(O)O)cc(C(C)(C)C)c1O. The highest BCUT2D eigenvalue weighted by atomic mass is 16.5. The summed E-state index contributed by atoms with van der Waals surface area (Å²) in [6, 6.07) is 8.07. The second kappa shape index (κ2) is 9.93. The largest absolute Gasteiger partial charge is 0.507 e. The second-order valence-corrected chi connectivity index (χ2v) is 15.5. The van der Waals surface area contributed by atoms with Gasteiger partial charge in [-0.3, -0.25) is 0 Å². The summed E-state index contributed by atoms with van der Waals surface area (Å²) in [7, 11) is 0. The molecular formula is C33H52O4. The van der Waals surface area contributed by atoms with Gasteiger partial charge in [0, 0.05) is 5.41 Å². The van der Waals surface area contributed by atoms with Crippen molar-refractivity contribution >= 4 is 0 Å². The Labute approximate surface area is 225 Å². The molecule has 208 valence electrons. The molecule has 4 heteroatoms. The van der Waals surface area contributed by atoms with Gasteiger partial charge in [0.2, 0.25) is 0 Å². The monoisotopic (exact) mass is 512 g/mol. The maximum absolute atomic E-state index is 11.1. The van der Waals surface area contributed by atoms with E-state index in [-0.39, 0.29) is 21.7 Å². The van der Waals surface area contributed by atoms with Crippen molar-refractivity contribution in [3.05, 3.63) is 57.6 Å². The molecule has 2 aromatic carbocycles. The van der Waals surface area contributed by atoms with Gasteiger partial charge in [0.1, 0.15) is 11.5 Å². The van der Waals surface area contributed by atoms with Crippen LogP contribution in [0.25, 0.3) is 0 Å². The smallest absolute Gasteiger partial charge is 0.157 e. The van der Waals surface area contributed by atoms with Crippen LogP contribution in [0.3, 0.4) is 0 Å².